The lowest BCUT2D eigenvalue weighted by Crippen LogP contribution is -2.29. The molecule has 0 atom stereocenters. The average molecular weight is 399 g/mol. The summed E-state index contributed by atoms with van der Waals surface area (Å²) in [6, 6.07) is 14.3. The number of anilines is 1. The summed E-state index contributed by atoms with van der Waals surface area (Å²) in [7, 11) is 1.52. The molecule has 1 heterocycles. The van der Waals surface area contributed by atoms with Crippen molar-refractivity contribution >= 4 is 23.5 Å². The van der Waals surface area contributed by atoms with Crippen LogP contribution in [0.1, 0.15) is 32.0 Å². The molecule has 154 valence electrons. The SMILES string of the molecule is CN=C(NO)/C(=N/OCc1cccc(NC(=O)OC(C)(C)C)n1)c1ccccc1. The van der Waals surface area contributed by atoms with Gasteiger partial charge in [0.1, 0.15) is 11.4 Å². The second kappa shape index (κ2) is 10.2. The van der Waals surface area contributed by atoms with Gasteiger partial charge in [-0.15, -0.1) is 0 Å². The summed E-state index contributed by atoms with van der Waals surface area (Å²) in [6.45, 7) is 5.38. The van der Waals surface area contributed by atoms with Crippen molar-refractivity contribution in [3.05, 3.63) is 59.8 Å². The van der Waals surface area contributed by atoms with Gasteiger partial charge >= 0.3 is 6.09 Å². The molecule has 0 unspecified atom stereocenters. The number of carbonyl (C=O) groups excluding carboxylic acids is 1. The van der Waals surface area contributed by atoms with Crippen molar-refractivity contribution in [2.24, 2.45) is 10.1 Å². The van der Waals surface area contributed by atoms with E-state index in [1.807, 2.05) is 35.8 Å². The zero-order chi connectivity index (χ0) is 21.3. The van der Waals surface area contributed by atoms with Gasteiger partial charge in [-0.1, -0.05) is 41.6 Å². The number of amidine groups is 1. The van der Waals surface area contributed by atoms with Gasteiger partial charge in [-0.05, 0) is 32.9 Å². The van der Waals surface area contributed by atoms with E-state index in [4.69, 9.17) is 9.57 Å². The second-order valence-electron chi connectivity index (χ2n) is 6.90. The normalized spacial score (nSPS) is 12.3. The Labute approximate surface area is 169 Å². The smallest absolute Gasteiger partial charge is 0.413 e. The first-order chi connectivity index (χ1) is 13.8. The number of pyridine rings is 1. The molecule has 1 aromatic carbocycles. The van der Waals surface area contributed by atoms with Gasteiger partial charge in [0.05, 0.1) is 5.69 Å². The summed E-state index contributed by atoms with van der Waals surface area (Å²) in [5, 5.41) is 15.9. The number of ether oxygens (including phenoxy) is 1. The molecule has 29 heavy (non-hydrogen) atoms. The van der Waals surface area contributed by atoms with Crippen molar-refractivity contribution < 1.29 is 19.6 Å². The van der Waals surface area contributed by atoms with Gasteiger partial charge in [0.25, 0.3) is 0 Å². The lowest BCUT2D eigenvalue weighted by atomic mass is 10.1. The Kier molecular flexibility index (Phi) is 7.67. The van der Waals surface area contributed by atoms with E-state index in [0.717, 1.165) is 0 Å². The van der Waals surface area contributed by atoms with E-state index in [0.29, 0.717) is 22.8 Å². The van der Waals surface area contributed by atoms with Crippen molar-refractivity contribution in [3.63, 3.8) is 0 Å². The molecule has 1 aromatic heterocycles. The molecule has 0 bridgehead atoms. The number of amides is 1. The Morgan fingerprint density at radius 2 is 1.86 bits per heavy atom. The molecule has 0 saturated carbocycles. The Morgan fingerprint density at radius 1 is 1.14 bits per heavy atom. The van der Waals surface area contributed by atoms with Crippen LogP contribution in [0.5, 0.6) is 0 Å². The number of aromatic nitrogens is 1. The fourth-order valence-electron chi connectivity index (χ4n) is 2.24. The summed E-state index contributed by atoms with van der Waals surface area (Å²) >= 11 is 0. The fraction of sp³-hybridized carbons (Fsp3) is 0.300. The van der Waals surface area contributed by atoms with E-state index in [9.17, 15) is 10.0 Å². The number of nitrogens with zero attached hydrogens (tertiary/aromatic N) is 3. The minimum Gasteiger partial charge on any atom is -0.444 e. The van der Waals surface area contributed by atoms with Gasteiger partial charge < -0.3 is 9.57 Å². The lowest BCUT2D eigenvalue weighted by molar-refractivity contribution is 0.0635. The first-order valence-corrected chi connectivity index (χ1v) is 8.91. The number of carbonyl (C=O) groups is 1. The molecule has 9 nitrogen and oxygen atoms in total. The van der Waals surface area contributed by atoms with Crippen molar-refractivity contribution in [2.45, 2.75) is 33.0 Å². The third-order valence-corrected chi connectivity index (χ3v) is 3.41. The maximum atomic E-state index is 11.9. The van der Waals surface area contributed by atoms with E-state index in [-0.39, 0.29) is 12.4 Å². The Bertz CT molecular complexity index is 876. The number of nitrogens with one attached hydrogen (secondary N) is 2. The third-order valence-electron chi connectivity index (χ3n) is 3.41. The van der Waals surface area contributed by atoms with Crippen molar-refractivity contribution in [1.29, 1.82) is 0 Å². The molecular formula is C20H25N5O4. The Morgan fingerprint density at radius 3 is 2.48 bits per heavy atom. The quantitative estimate of drug-likeness (QED) is 0.389. The summed E-state index contributed by atoms with van der Waals surface area (Å²) in [5.74, 6) is 0.491. The van der Waals surface area contributed by atoms with Crippen LogP contribution in [0.15, 0.2) is 58.7 Å². The summed E-state index contributed by atoms with van der Waals surface area (Å²) in [6.07, 6.45) is -0.592. The summed E-state index contributed by atoms with van der Waals surface area (Å²) in [4.78, 5) is 25.5. The average Bonchev–Trinajstić information content (AvgIpc) is 2.67. The van der Waals surface area contributed by atoms with Gasteiger partial charge in [0, 0.05) is 12.6 Å². The molecule has 0 aliphatic carbocycles. The highest BCUT2D eigenvalue weighted by atomic mass is 16.6. The van der Waals surface area contributed by atoms with Crippen LogP contribution in [0.25, 0.3) is 0 Å². The molecule has 3 N–H and O–H groups in total. The van der Waals surface area contributed by atoms with E-state index in [2.05, 4.69) is 20.4 Å². The number of benzene rings is 1. The predicted molar refractivity (Wildman–Crippen MR) is 110 cm³/mol. The predicted octanol–water partition coefficient (Wildman–Crippen LogP) is 3.36. The largest absolute Gasteiger partial charge is 0.444 e. The van der Waals surface area contributed by atoms with Gasteiger partial charge in [-0.3, -0.25) is 21.0 Å². The maximum absolute atomic E-state index is 11.9. The van der Waals surface area contributed by atoms with Crippen LogP contribution < -0.4 is 10.8 Å². The molecule has 9 heteroatoms. The van der Waals surface area contributed by atoms with Gasteiger partial charge in [0.15, 0.2) is 18.2 Å². The summed E-state index contributed by atoms with van der Waals surface area (Å²) in [5.41, 5.74) is 2.99. The molecule has 1 amide bonds. The molecule has 0 fully saturated rings. The lowest BCUT2D eigenvalue weighted by Gasteiger charge is -2.19. The number of aliphatic imine (C=N–C) groups is 1. The maximum Gasteiger partial charge on any atom is 0.413 e. The molecule has 0 saturated heterocycles. The van der Waals surface area contributed by atoms with Crippen LogP contribution in [0, 0.1) is 0 Å². The van der Waals surface area contributed by atoms with E-state index in [1.165, 1.54) is 7.05 Å². The van der Waals surface area contributed by atoms with Gasteiger partial charge in [0.2, 0.25) is 0 Å². The van der Waals surface area contributed by atoms with Crippen molar-refractivity contribution in [1.82, 2.24) is 10.5 Å². The van der Waals surface area contributed by atoms with E-state index in [1.54, 1.807) is 39.0 Å². The topological polar surface area (TPSA) is 117 Å². The Balaban J connectivity index is 2.08. The minimum absolute atomic E-state index is 0.0442. The molecule has 0 aliphatic heterocycles. The highest BCUT2D eigenvalue weighted by Gasteiger charge is 2.16. The van der Waals surface area contributed by atoms with Crippen LogP contribution in [-0.4, -0.2) is 40.5 Å². The summed E-state index contributed by atoms with van der Waals surface area (Å²) < 4.78 is 5.21. The number of hydrogen-bond acceptors (Lipinski definition) is 7. The van der Waals surface area contributed by atoms with Gasteiger partial charge in [-0.2, -0.15) is 0 Å². The molecule has 0 spiro atoms. The van der Waals surface area contributed by atoms with Gasteiger partial charge in [-0.25, -0.2) is 9.78 Å². The molecule has 2 aromatic rings. The zero-order valence-corrected chi connectivity index (χ0v) is 16.8. The van der Waals surface area contributed by atoms with Crippen LogP contribution in [0.2, 0.25) is 0 Å². The first-order valence-electron chi connectivity index (χ1n) is 8.91. The van der Waals surface area contributed by atoms with Crippen LogP contribution in [0.4, 0.5) is 10.6 Å². The van der Waals surface area contributed by atoms with Crippen molar-refractivity contribution in [3.8, 4) is 0 Å². The van der Waals surface area contributed by atoms with Crippen molar-refractivity contribution in [2.75, 3.05) is 12.4 Å². The van der Waals surface area contributed by atoms with Crippen LogP contribution >= 0.6 is 0 Å². The number of hydrogen-bond donors (Lipinski definition) is 3. The molecule has 0 aliphatic rings. The van der Waals surface area contributed by atoms with Crippen LogP contribution in [-0.2, 0) is 16.2 Å². The number of rotatable bonds is 6. The highest BCUT2D eigenvalue weighted by Crippen LogP contribution is 2.11. The Hall–Kier alpha value is -3.46. The standard InChI is InChI=1S/C20H25N5O4/c1-20(2,3)29-19(26)23-16-12-8-11-15(22-16)13-28-25-17(18(21-4)24-27)14-9-6-5-7-10-14/h5-12,27H,13H2,1-4H3,(H,21,24)(H,22,23,26)/b25-17+. The highest BCUT2D eigenvalue weighted by molar-refractivity contribution is 6.47. The molecular weight excluding hydrogens is 374 g/mol. The first kappa shape index (κ1) is 21.8. The number of oxime groups is 1. The fourth-order valence-corrected chi connectivity index (χ4v) is 2.24. The zero-order valence-electron chi connectivity index (χ0n) is 16.8. The number of hydroxylamine groups is 1. The van der Waals surface area contributed by atoms with Crippen LogP contribution in [0.3, 0.4) is 0 Å². The second-order valence-corrected chi connectivity index (χ2v) is 6.90. The molecule has 2 rings (SSSR count). The van der Waals surface area contributed by atoms with E-state index < -0.39 is 11.7 Å². The third kappa shape index (κ3) is 7.23. The monoisotopic (exact) mass is 399 g/mol. The molecule has 0 radical (unpaired) electrons. The van der Waals surface area contributed by atoms with E-state index >= 15 is 0 Å². The minimum atomic E-state index is -0.605.